The van der Waals surface area contributed by atoms with Gasteiger partial charge >= 0.3 is 0 Å². The highest BCUT2D eigenvalue weighted by Crippen LogP contribution is 2.20. The van der Waals surface area contributed by atoms with Crippen LogP contribution in [0.1, 0.15) is 11.3 Å². The number of halogens is 1. The minimum Gasteiger partial charge on any atom is -0.307 e. The lowest BCUT2D eigenvalue weighted by Crippen LogP contribution is -2.13. The Morgan fingerprint density at radius 3 is 2.74 bits per heavy atom. The Hall–Kier alpha value is -3.81. The lowest BCUT2D eigenvalue weighted by atomic mass is 10.2. The van der Waals surface area contributed by atoms with Crippen LogP contribution in [0.3, 0.4) is 0 Å². The summed E-state index contributed by atoms with van der Waals surface area (Å²) in [4.78, 5) is 22.5. The summed E-state index contributed by atoms with van der Waals surface area (Å²) >= 11 is 0. The summed E-state index contributed by atoms with van der Waals surface area (Å²) in [5, 5.41) is 17.6. The van der Waals surface area contributed by atoms with E-state index in [0.717, 1.165) is 0 Å². The van der Waals surface area contributed by atoms with Gasteiger partial charge in [-0.2, -0.15) is 5.10 Å². The number of nitrogens with zero attached hydrogens (tertiary/aromatic N) is 3. The van der Waals surface area contributed by atoms with Crippen molar-refractivity contribution in [2.24, 2.45) is 0 Å². The van der Waals surface area contributed by atoms with Gasteiger partial charge in [0, 0.05) is 24.3 Å². The molecule has 0 aliphatic carbocycles. The first-order valence-corrected chi connectivity index (χ1v) is 7.99. The van der Waals surface area contributed by atoms with Gasteiger partial charge in [-0.25, -0.2) is 9.07 Å². The third kappa shape index (κ3) is 4.24. The third-order valence-corrected chi connectivity index (χ3v) is 3.67. The standard InChI is InChI=1S/C19H15FN4O3/c1-13-11-18(23(22-13)17-8-3-2-7-16(17)20)21-19(25)10-9-14-5-4-6-15(12-14)24(26)27/h2-12H,1H3,(H,21,25)/b10-9+. The van der Waals surface area contributed by atoms with Crippen LogP contribution < -0.4 is 5.32 Å². The summed E-state index contributed by atoms with van der Waals surface area (Å²) in [5.74, 6) is -0.631. The van der Waals surface area contributed by atoms with Crippen LogP contribution >= 0.6 is 0 Å². The van der Waals surface area contributed by atoms with Crippen molar-refractivity contribution in [1.82, 2.24) is 9.78 Å². The summed E-state index contributed by atoms with van der Waals surface area (Å²) in [6.07, 6.45) is 2.70. The Bertz CT molecular complexity index is 1040. The predicted molar refractivity (Wildman–Crippen MR) is 99.0 cm³/mol. The molecule has 1 heterocycles. The summed E-state index contributed by atoms with van der Waals surface area (Å²) in [5.41, 5.74) is 1.27. The van der Waals surface area contributed by atoms with E-state index in [9.17, 15) is 19.3 Å². The number of nitrogens with one attached hydrogen (secondary N) is 1. The summed E-state index contributed by atoms with van der Waals surface area (Å²) in [6, 6.07) is 13.6. The number of hydrogen-bond donors (Lipinski definition) is 1. The molecule has 0 bridgehead atoms. The normalized spacial score (nSPS) is 10.9. The number of aromatic nitrogens is 2. The fraction of sp³-hybridized carbons (Fsp3) is 0.0526. The Labute approximate surface area is 153 Å². The molecule has 7 nitrogen and oxygen atoms in total. The molecule has 0 spiro atoms. The molecule has 0 aliphatic heterocycles. The lowest BCUT2D eigenvalue weighted by molar-refractivity contribution is -0.384. The van der Waals surface area contributed by atoms with Gasteiger partial charge in [0.2, 0.25) is 5.91 Å². The zero-order valence-corrected chi connectivity index (χ0v) is 14.3. The third-order valence-electron chi connectivity index (χ3n) is 3.67. The van der Waals surface area contributed by atoms with Gasteiger partial charge < -0.3 is 5.32 Å². The Kier molecular flexibility index (Phi) is 5.07. The van der Waals surface area contributed by atoms with Crippen molar-refractivity contribution in [3.63, 3.8) is 0 Å². The number of nitro benzene ring substituents is 1. The van der Waals surface area contributed by atoms with E-state index in [1.54, 1.807) is 37.3 Å². The molecule has 1 aromatic heterocycles. The number of aryl methyl sites for hydroxylation is 1. The average molecular weight is 366 g/mol. The van der Waals surface area contributed by atoms with E-state index < -0.39 is 16.6 Å². The highest BCUT2D eigenvalue weighted by atomic mass is 19.1. The molecule has 0 atom stereocenters. The van der Waals surface area contributed by atoms with Crippen LogP contribution in [0.5, 0.6) is 0 Å². The quantitative estimate of drug-likeness (QED) is 0.421. The van der Waals surface area contributed by atoms with E-state index in [-0.39, 0.29) is 11.4 Å². The SMILES string of the molecule is Cc1cc(NC(=O)/C=C/c2cccc([N+](=O)[O-])c2)n(-c2ccccc2F)n1. The minimum absolute atomic E-state index is 0.0641. The van der Waals surface area contributed by atoms with Gasteiger partial charge in [0.05, 0.1) is 10.6 Å². The van der Waals surface area contributed by atoms with Gasteiger partial charge in [-0.1, -0.05) is 24.3 Å². The van der Waals surface area contributed by atoms with Gasteiger partial charge in [-0.15, -0.1) is 0 Å². The minimum atomic E-state index is -0.507. The van der Waals surface area contributed by atoms with E-state index in [1.807, 2.05) is 0 Å². The molecule has 1 N–H and O–H groups in total. The molecule has 8 heteroatoms. The van der Waals surface area contributed by atoms with Crippen molar-refractivity contribution in [2.45, 2.75) is 6.92 Å². The van der Waals surface area contributed by atoms with Crippen molar-refractivity contribution in [2.75, 3.05) is 5.32 Å². The van der Waals surface area contributed by atoms with Crippen LogP contribution in [0.2, 0.25) is 0 Å². The average Bonchev–Trinajstić information content (AvgIpc) is 3.00. The number of non-ortho nitro benzene ring substituents is 1. The Balaban J connectivity index is 1.80. The molecule has 1 amide bonds. The monoisotopic (exact) mass is 366 g/mol. The maximum atomic E-state index is 14.0. The smallest absolute Gasteiger partial charge is 0.270 e. The topological polar surface area (TPSA) is 90.1 Å². The molecule has 3 rings (SSSR count). The molecule has 3 aromatic rings. The highest BCUT2D eigenvalue weighted by molar-refractivity contribution is 6.01. The van der Waals surface area contributed by atoms with E-state index in [4.69, 9.17) is 0 Å². The molecular formula is C19H15FN4O3. The summed E-state index contributed by atoms with van der Waals surface area (Å²) in [6.45, 7) is 1.73. The summed E-state index contributed by atoms with van der Waals surface area (Å²) < 4.78 is 15.3. The van der Waals surface area contributed by atoms with Crippen LogP contribution in [-0.4, -0.2) is 20.6 Å². The zero-order chi connectivity index (χ0) is 19.4. The first-order chi connectivity index (χ1) is 12.9. The first kappa shape index (κ1) is 18.0. The fourth-order valence-electron chi connectivity index (χ4n) is 2.48. The van der Waals surface area contributed by atoms with E-state index in [2.05, 4.69) is 10.4 Å². The number of carbonyl (C=O) groups excluding carboxylic acids is 1. The predicted octanol–water partition coefficient (Wildman–Crippen LogP) is 3.88. The second kappa shape index (κ2) is 7.61. The maximum Gasteiger partial charge on any atom is 0.270 e. The van der Waals surface area contributed by atoms with Crippen molar-refractivity contribution in [3.8, 4) is 5.69 Å². The second-order valence-corrected chi connectivity index (χ2v) is 5.71. The Morgan fingerprint density at radius 2 is 2.00 bits per heavy atom. The lowest BCUT2D eigenvalue weighted by Gasteiger charge is -2.08. The Morgan fingerprint density at radius 1 is 1.22 bits per heavy atom. The van der Waals surface area contributed by atoms with E-state index in [1.165, 1.54) is 41.1 Å². The number of rotatable bonds is 5. The molecule has 0 aliphatic rings. The van der Waals surface area contributed by atoms with Crippen molar-refractivity contribution in [1.29, 1.82) is 0 Å². The van der Waals surface area contributed by atoms with Crippen LogP contribution in [0, 0.1) is 22.9 Å². The van der Waals surface area contributed by atoms with Gasteiger partial charge in [-0.05, 0) is 30.7 Å². The fourth-order valence-corrected chi connectivity index (χ4v) is 2.48. The maximum absolute atomic E-state index is 14.0. The van der Waals surface area contributed by atoms with Gasteiger partial charge in [0.25, 0.3) is 5.69 Å². The largest absolute Gasteiger partial charge is 0.307 e. The molecule has 0 saturated carbocycles. The molecular weight excluding hydrogens is 351 g/mol. The molecule has 136 valence electrons. The molecule has 0 radical (unpaired) electrons. The molecule has 0 saturated heterocycles. The van der Waals surface area contributed by atoms with Crippen LogP contribution in [0.25, 0.3) is 11.8 Å². The number of anilines is 1. The van der Waals surface area contributed by atoms with Gasteiger partial charge in [0.15, 0.2) is 0 Å². The van der Waals surface area contributed by atoms with Crippen LogP contribution in [0.15, 0.2) is 60.7 Å². The van der Waals surface area contributed by atoms with Crippen molar-refractivity contribution < 1.29 is 14.1 Å². The van der Waals surface area contributed by atoms with Gasteiger partial charge in [0.1, 0.15) is 17.3 Å². The highest BCUT2D eigenvalue weighted by Gasteiger charge is 2.12. The zero-order valence-electron chi connectivity index (χ0n) is 14.3. The number of amides is 1. The number of nitro groups is 1. The number of hydrogen-bond acceptors (Lipinski definition) is 4. The van der Waals surface area contributed by atoms with Crippen LogP contribution in [-0.2, 0) is 4.79 Å². The molecule has 2 aromatic carbocycles. The van der Waals surface area contributed by atoms with Gasteiger partial charge in [-0.3, -0.25) is 14.9 Å². The van der Waals surface area contributed by atoms with E-state index >= 15 is 0 Å². The number of benzene rings is 2. The second-order valence-electron chi connectivity index (χ2n) is 5.71. The molecule has 0 unspecified atom stereocenters. The first-order valence-electron chi connectivity index (χ1n) is 7.99. The number of para-hydroxylation sites is 1. The molecule has 27 heavy (non-hydrogen) atoms. The van der Waals surface area contributed by atoms with Crippen molar-refractivity contribution >= 4 is 23.5 Å². The van der Waals surface area contributed by atoms with E-state index in [0.29, 0.717) is 17.1 Å². The molecule has 0 fully saturated rings. The van der Waals surface area contributed by atoms with Crippen LogP contribution in [0.4, 0.5) is 15.9 Å². The number of carbonyl (C=O) groups is 1. The van der Waals surface area contributed by atoms with Crippen molar-refractivity contribution in [3.05, 3.63) is 87.9 Å². The summed E-state index contributed by atoms with van der Waals surface area (Å²) in [7, 11) is 0.